The third kappa shape index (κ3) is 11.9. The molecule has 0 aliphatic rings. The Morgan fingerprint density at radius 2 is 1.20 bits per heavy atom. The van der Waals surface area contributed by atoms with Crippen molar-refractivity contribution in [3.8, 4) is 0 Å². The van der Waals surface area contributed by atoms with Gasteiger partial charge in [-0.2, -0.15) is 0 Å². The Labute approximate surface area is 99.9 Å². The molecule has 0 saturated carbocycles. The zero-order chi connectivity index (χ0) is 13.1. The highest BCUT2D eigenvalue weighted by Crippen LogP contribution is 2.34. The van der Waals surface area contributed by atoms with Gasteiger partial charge in [0.05, 0.1) is 0 Å². The molecule has 0 bridgehead atoms. The number of rotatable bonds is 4. The molecule has 0 spiro atoms. The Hall–Kier alpha value is 0. The summed E-state index contributed by atoms with van der Waals surface area (Å²) in [6.45, 7) is 22.0. The molecule has 0 aliphatic carbocycles. The molecule has 15 heavy (non-hydrogen) atoms. The summed E-state index contributed by atoms with van der Waals surface area (Å²) in [6, 6.07) is 0. The van der Waals surface area contributed by atoms with E-state index in [0.717, 1.165) is 11.8 Å². The van der Waals surface area contributed by atoms with E-state index < -0.39 is 0 Å². The second kappa shape index (κ2) is 12.1. The van der Waals surface area contributed by atoms with Crippen LogP contribution in [0.15, 0.2) is 0 Å². The van der Waals surface area contributed by atoms with E-state index >= 15 is 0 Å². The minimum Gasteiger partial charge on any atom is -0.0683 e. The van der Waals surface area contributed by atoms with Crippen LogP contribution in [0.3, 0.4) is 0 Å². The zero-order valence-electron chi connectivity index (χ0n) is 13.1. The third-order valence-corrected chi connectivity index (χ3v) is 3.13. The molecular formula is C15H36. The first kappa shape index (κ1) is 20.4. The quantitative estimate of drug-likeness (QED) is 0.528. The van der Waals surface area contributed by atoms with E-state index in [1.807, 2.05) is 27.7 Å². The molecule has 0 aliphatic heterocycles. The molecule has 1 unspecified atom stereocenters. The summed E-state index contributed by atoms with van der Waals surface area (Å²) in [7, 11) is 0. The topological polar surface area (TPSA) is 0 Å². The van der Waals surface area contributed by atoms with Gasteiger partial charge in [0.2, 0.25) is 0 Å². The van der Waals surface area contributed by atoms with Gasteiger partial charge in [0.1, 0.15) is 0 Å². The fraction of sp³-hybridized carbons (Fsp3) is 1.00. The summed E-state index contributed by atoms with van der Waals surface area (Å²) in [5.74, 6) is 1.68. The van der Waals surface area contributed by atoms with Crippen molar-refractivity contribution in [1.82, 2.24) is 0 Å². The molecule has 0 amide bonds. The van der Waals surface area contributed by atoms with E-state index in [1.165, 1.54) is 12.8 Å². The lowest BCUT2D eigenvalue weighted by Crippen LogP contribution is -2.21. The molecule has 1 atom stereocenters. The largest absolute Gasteiger partial charge is 0.0683 e. The summed E-state index contributed by atoms with van der Waals surface area (Å²) in [5, 5.41) is 0. The van der Waals surface area contributed by atoms with Crippen LogP contribution in [0.4, 0.5) is 0 Å². The zero-order valence-corrected chi connectivity index (χ0v) is 13.1. The van der Waals surface area contributed by atoms with E-state index in [9.17, 15) is 0 Å². The van der Waals surface area contributed by atoms with Gasteiger partial charge in [0.15, 0.2) is 0 Å². The first-order chi connectivity index (χ1) is 6.90. The van der Waals surface area contributed by atoms with Crippen LogP contribution in [0.2, 0.25) is 0 Å². The maximum atomic E-state index is 2.38. The van der Waals surface area contributed by atoms with Crippen LogP contribution in [0.1, 0.15) is 82.1 Å². The summed E-state index contributed by atoms with van der Waals surface area (Å²) < 4.78 is 0. The van der Waals surface area contributed by atoms with Gasteiger partial charge in [-0.3, -0.25) is 0 Å². The highest BCUT2D eigenvalue weighted by molar-refractivity contribution is 4.74. The number of hydrogen-bond donors (Lipinski definition) is 0. The summed E-state index contributed by atoms with van der Waals surface area (Å²) >= 11 is 0. The van der Waals surface area contributed by atoms with Gasteiger partial charge in [-0.25, -0.2) is 0 Å². The Morgan fingerprint density at radius 3 is 1.40 bits per heavy atom. The highest BCUT2D eigenvalue weighted by atomic mass is 14.3. The lowest BCUT2D eigenvalue weighted by atomic mass is 9.74. The van der Waals surface area contributed by atoms with Gasteiger partial charge in [0, 0.05) is 0 Å². The molecule has 0 aromatic carbocycles. The monoisotopic (exact) mass is 216 g/mol. The van der Waals surface area contributed by atoms with E-state index in [4.69, 9.17) is 0 Å². The minimum atomic E-state index is 0.523. The molecule has 0 saturated heterocycles. The van der Waals surface area contributed by atoms with E-state index in [1.54, 1.807) is 0 Å². The second-order valence-corrected chi connectivity index (χ2v) is 4.86. The fourth-order valence-electron chi connectivity index (χ4n) is 1.28. The van der Waals surface area contributed by atoms with Gasteiger partial charge in [0.25, 0.3) is 0 Å². The van der Waals surface area contributed by atoms with E-state index in [-0.39, 0.29) is 0 Å². The van der Waals surface area contributed by atoms with Crippen LogP contribution < -0.4 is 0 Å². The smallest absolute Gasteiger partial charge is 0.0329 e. The van der Waals surface area contributed by atoms with E-state index in [0.29, 0.717) is 5.41 Å². The van der Waals surface area contributed by atoms with Gasteiger partial charge in [-0.15, -0.1) is 0 Å². The molecule has 0 nitrogen and oxygen atoms in total. The van der Waals surface area contributed by atoms with Crippen molar-refractivity contribution in [2.24, 2.45) is 17.3 Å². The standard InChI is InChI=1S/C11H24.2C2H6/c1-7-10(4)8-11(5,6)9(2)3;2*1-2/h9-10H,7-8H2,1-6H3;2*1-2H3. The molecule has 96 valence electrons. The Bertz CT molecular complexity index is 101. The third-order valence-electron chi connectivity index (χ3n) is 3.13. The molecule has 0 aromatic rings. The van der Waals surface area contributed by atoms with Crippen LogP contribution in [0.5, 0.6) is 0 Å². The van der Waals surface area contributed by atoms with Crippen molar-refractivity contribution in [3.05, 3.63) is 0 Å². The Kier molecular flexibility index (Phi) is 16.4. The molecule has 0 rings (SSSR count). The molecule has 0 heteroatoms. The SMILES string of the molecule is CC.CC.CCC(C)CC(C)(C)C(C)C. The Balaban J connectivity index is -0.000000318. The molecule has 0 radical (unpaired) electrons. The summed E-state index contributed by atoms with van der Waals surface area (Å²) in [5.41, 5.74) is 0.523. The number of hydrogen-bond acceptors (Lipinski definition) is 0. The predicted octanol–water partition coefficient (Wildman–Crippen LogP) is 6.16. The molecule has 0 fully saturated rings. The average Bonchev–Trinajstić information content (AvgIpc) is 2.23. The van der Waals surface area contributed by atoms with Crippen molar-refractivity contribution in [2.45, 2.75) is 82.1 Å². The predicted molar refractivity (Wildman–Crippen MR) is 75.4 cm³/mol. The normalized spacial score (nSPS) is 12.2. The van der Waals surface area contributed by atoms with Crippen LogP contribution >= 0.6 is 0 Å². The van der Waals surface area contributed by atoms with Gasteiger partial charge in [-0.1, -0.05) is 75.7 Å². The maximum Gasteiger partial charge on any atom is -0.0329 e. The van der Waals surface area contributed by atoms with E-state index in [2.05, 4.69) is 41.5 Å². The van der Waals surface area contributed by atoms with Crippen molar-refractivity contribution >= 4 is 0 Å². The van der Waals surface area contributed by atoms with Crippen LogP contribution in [-0.4, -0.2) is 0 Å². The van der Waals surface area contributed by atoms with Crippen molar-refractivity contribution in [1.29, 1.82) is 0 Å². The van der Waals surface area contributed by atoms with Crippen LogP contribution in [0.25, 0.3) is 0 Å². The molecule has 0 N–H and O–H groups in total. The van der Waals surface area contributed by atoms with Crippen molar-refractivity contribution < 1.29 is 0 Å². The molecular weight excluding hydrogens is 180 g/mol. The molecule has 0 heterocycles. The second-order valence-electron chi connectivity index (χ2n) is 4.86. The fourth-order valence-corrected chi connectivity index (χ4v) is 1.28. The minimum absolute atomic E-state index is 0.523. The summed E-state index contributed by atoms with van der Waals surface area (Å²) in [4.78, 5) is 0. The lowest BCUT2D eigenvalue weighted by molar-refractivity contribution is 0.191. The Morgan fingerprint density at radius 1 is 0.867 bits per heavy atom. The highest BCUT2D eigenvalue weighted by Gasteiger charge is 2.23. The average molecular weight is 216 g/mol. The van der Waals surface area contributed by atoms with Crippen molar-refractivity contribution in [3.63, 3.8) is 0 Å². The first-order valence-electron chi connectivity index (χ1n) is 6.90. The maximum absolute atomic E-state index is 2.38. The first-order valence-corrected chi connectivity index (χ1v) is 6.90. The van der Waals surface area contributed by atoms with Crippen molar-refractivity contribution in [2.75, 3.05) is 0 Å². The summed E-state index contributed by atoms with van der Waals surface area (Å²) in [6.07, 6.45) is 2.68. The van der Waals surface area contributed by atoms with Gasteiger partial charge >= 0.3 is 0 Å². The van der Waals surface area contributed by atoms with Crippen LogP contribution in [-0.2, 0) is 0 Å². The van der Waals surface area contributed by atoms with Crippen LogP contribution in [0, 0.1) is 17.3 Å². The lowest BCUT2D eigenvalue weighted by Gasteiger charge is -2.31. The molecule has 0 aromatic heterocycles. The van der Waals surface area contributed by atoms with Gasteiger partial charge in [-0.05, 0) is 23.7 Å². The van der Waals surface area contributed by atoms with Gasteiger partial charge < -0.3 is 0 Å².